The molecule has 2 aromatic rings. The van der Waals surface area contributed by atoms with Crippen LogP contribution in [0.3, 0.4) is 0 Å². The zero-order valence-electron chi connectivity index (χ0n) is 14.9. The Morgan fingerprint density at radius 2 is 1.80 bits per heavy atom. The van der Waals surface area contributed by atoms with E-state index in [1.54, 1.807) is 20.8 Å². The molecule has 0 radical (unpaired) electrons. The van der Waals surface area contributed by atoms with Gasteiger partial charge in [-0.25, -0.2) is 0 Å². The Hall–Kier alpha value is -2.34. The lowest BCUT2D eigenvalue weighted by molar-refractivity contribution is 0.0859. The maximum absolute atomic E-state index is 12.5. The van der Waals surface area contributed by atoms with Gasteiger partial charge in [-0.1, -0.05) is 51.1 Å². The molecule has 2 N–H and O–H groups in total. The van der Waals surface area contributed by atoms with Crippen molar-refractivity contribution >= 4 is 23.0 Å². The molecule has 0 saturated heterocycles. The Labute approximate surface area is 151 Å². The number of Topliss-reactive ketones (excluding diaryl/α,β-unsaturated/α-hetero) is 1. The van der Waals surface area contributed by atoms with Gasteiger partial charge in [0.25, 0.3) is 5.91 Å². The van der Waals surface area contributed by atoms with Gasteiger partial charge in [0.2, 0.25) is 0 Å². The lowest BCUT2D eigenvalue weighted by Crippen LogP contribution is -2.25. The minimum atomic E-state index is -0.658. The molecule has 134 valence electrons. The minimum Gasteiger partial charge on any atom is -0.503 e. The van der Waals surface area contributed by atoms with Crippen LogP contribution in [0.25, 0.3) is 0 Å². The van der Waals surface area contributed by atoms with Crippen LogP contribution in [0, 0.1) is 5.41 Å². The van der Waals surface area contributed by atoms with Crippen LogP contribution >= 0.6 is 11.3 Å². The highest BCUT2D eigenvalue weighted by Crippen LogP contribution is 2.43. The summed E-state index contributed by atoms with van der Waals surface area (Å²) >= 11 is 0.963. The third-order valence-corrected chi connectivity index (χ3v) is 4.84. The molecule has 0 aliphatic rings. The van der Waals surface area contributed by atoms with Gasteiger partial charge in [-0.2, -0.15) is 0 Å². The molecule has 0 saturated carbocycles. The normalized spacial score (nSPS) is 11.2. The van der Waals surface area contributed by atoms with Crippen molar-refractivity contribution in [3.05, 3.63) is 45.6 Å². The molecule has 0 fully saturated rings. The monoisotopic (exact) mass is 361 g/mol. The standard InChI is InChI=1S/C19H23NO4S/c1-19(2,3)17(22)15-13(21)14(24-4)16(25-15)18(23)20-11-10-12-8-6-5-7-9-12/h5-9,21H,10-11H2,1-4H3,(H,20,23). The van der Waals surface area contributed by atoms with E-state index in [1.807, 2.05) is 30.3 Å². The van der Waals surface area contributed by atoms with Crippen molar-refractivity contribution in [3.63, 3.8) is 0 Å². The zero-order valence-corrected chi connectivity index (χ0v) is 15.7. The highest BCUT2D eigenvalue weighted by Gasteiger charge is 2.32. The van der Waals surface area contributed by atoms with Crippen molar-refractivity contribution in [2.24, 2.45) is 5.41 Å². The number of aromatic hydroxyl groups is 1. The second kappa shape index (κ2) is 7.70. The predicted molar refractivity (Wildman–Crippen MR) is 98.8 cm³/mol. The van der Waals surface area contributed by atoms with Crippen molar-refractivity contribution in [3.8, 4) is 11.5 Å². The first-order valence-electron chi connectivity index (χ1n) is 8.02. The van der Waals surface area contributed by atoms with Crippen molar-refractivity contribution < 1.29 is 19.4 Å². The van der Waals surface area contributed by atoms with Gasteiger partial charge in [0.1, 0.15) is 9.75 Å². The van der Waals surface area contributed by atoms with Gasteiger partial charge in [0.05, 0.1) is 7.11 Å². The summed E-state index contributed by atoms with van der Waals surface area (Å²) in [5, 5.41) is 13.1. The Morgan fingerprint density at radius 1 is 1.16 bits per heavy atom. The number of methoxy groups -OCH3 is 1. The summed E-state index contributed by atoms with van der Waals surface area (Å²) in [6.45, 7) is 5.74. The number of ketones is 1. The molecule has 1 heterocycles. The van der Waals surface area contributed by atoms with Gasteiger partial charge in [0, 0.05) is 12.0 Å². The number of carbonyl (C=O) groups excluding carboxylic acids is 2. The van der Waals surface area contributed by atoms with Gasteiger partial charge in [-0.05, 0) is 12.0 Å². The van der Waals surface area contributed by atoms with E-state index >= 15 is 0 Å². The first-order chi connectivity index (χ1) is 11.8. The van der Waals surface area contributed by atoms with Crippen molar-refractivity contribution in [1.82, 2.24) is 5.32 Å². The van der Waals surface area contributed by atoms with Crippen molar-refractivity contribution in [2.45, 2.75) is 27.2 Å². The molecule has 0 aliphatic carbocycles. The van der Waals surface area contributed by atoms with Crippen LogP contribution in [-0.2, 0) is 6.42 Å². The molecule has 2 rings (SSSR count). The number of ether oxygens (including phenoxy) is 1. The fraction of sp³-hybridized carbons (Fsp3) is 0.368. The van der Waals surface area contributed by atoms with Crippen LogP contribution in [0.1, 0.15) is 45.7 Å². The molecule has 25 heavy (non-hydrogen) atoms. The molecule has 0 bridgehead atoms. The van der Waals surface area contributed by atoms with Crippen molar-refractivity contribution in [1.29, 1.82) is 0 Å². The molecule has 0 atom stereocenters. The van der Waals surface area contributed by atoms with E-state index in [9.17, 15) is 14.7 Å². The number of hydrogen-bond acceptors (Lipinski definition) is 5. The Kier molecular flexibility index (Phi) is 5.85. The summed E-state index contributed by atoms with van der Waals surface area (Å²) in [6.07, 6.45) is 0.694. The molecule has 0 spiro atoms. The third kappa shape index (κ3) is 4.39. The van der Waals surface area contributed by atoms with Crippen LogP contribution in [-0.4, -0.2) is 30.5 Å². The van der Waals surface area contributed by atoms with E-state index in [2.05, 4.69) is 5.32 Å². The van der Waals surface area contributed by atoms with Crippen LogP contribution in [0.5, 0.6) is 11.5 Å². The van der Waals surface area contributed by atoms with E-state index in [4.69, 9.17) is 4.74 Å². The number of benzene rings is 1. The number of amides is 1. The topological polar surface area (TPSA) is 75.6 Å². The molecule has 0 aliphatic heterocycles. The Balaban J connectivity index is 2.15. The van der Waals surface area contributed by atoms with Gasteiger partial charge >= 0.3 is 0 Å². The van der Waals surface area contributed by atoms with Crippen LogP contribution in [0.2, 0.25) is 0 Å². The molecular formula is C19H23NO4S. The number of rotatable bonds is 6. The molecule has 0 unspecified atom stereocenters. The van der Waals surface area contributed by atoms with Crippen LogP contribution in [0.4, 0.5) is 0 Å². The second-order valence-electron chi connectivity index (χ2n) is 6.71. The van der Waals surface area contributed by atoms with Crippen LogP contribution < -0.4 is 10.1 Å². The summed E-state index contributed by atoms with van der Waals surface area (Å²) in [7, 11) is 1.37. The largest absolute Gasteiger partial charge is 0.503 e. The quantitative estimate of drug-likeness (QED) is 0.770. The second-order valence-corrected chi connectivity index (χ2v) is 7.73. The molecule has 1 amide bonds. The molecular weight excluding hydrogens is 338 g/mol. The first kappa shape index (κ1) is 19.0. The maximum atomic E-state index is 12.5. The lowest BCUT2D eigenvalue weighted by Gasteiger charge is -2.15. The molecule has 5 nitrogen and oxygen atoms in total. The summed E-state index contributed by atoms with van der Waals surface area (Å²) in [4.78, 5) is 25.3. The molecule has 1 aromatic carbocycles. The fourth-order valence-electron chi connectivity index (χ4n) is 2.29. The van der Waals surface area contributed by atoms with E-state index in [1.165, 1.54) is 7.11 Å². The summed E-state index contributed by atoms with van der Waals surface area (Å²) in [5.41, 5.74) is 0.460. The van der Waals surface area contributed by atoms with Gasteiger partial charge in [0.15, 0.2) is 17.3 Å². The maximum Gasteiger partial charge on any atom is 0.265 e. The van der Waals surface area contributed by atoms with Gasteiger partial charge in [-0.15, -0.1) is 11.3 Å². The lowest BCUT2D eigenvalue weighted by atomic mass is 9.90. The van der Waals surface area contributed by atoms with E-state index in [0.29, 0.717) is 13.0 Å². The highest BCUT2D eigenvalue weighted by atomic mass is 32.1. The number of nitrogens with one attached hydrogen (secondary N) is 1. The average molecular weight is 361 g/mol. The summed E-state index contributed by atoms with van der Waals surface area (Å²) < 4.78 is 5.15. The van der Waals surface area contributed by atoms with Crippen LogP contribution in [0.15, 0.2) is 30.3 Å². The molecule has 1 aromatic heterocycles. The number of thiophene rings is 1. The number of carbonyl (C=O) groups is 2. The fourth-order valence-corrected chi connectivity index (χ4v) is 3.52. The third-order valence-electron chi connectivity index (χ3n) is 3.68. The van der Waals surface area contributed by atoms with E-state index in [-0.39, 0.29) is 32.9 Å². The van der Waals surface area contributed by atoms with Crippen molar-refractivity contribution in [2.75, 3.05) is 13.7 Å². The SMILES string of the molecule is COc1c(C(=O)NCCc2ccccc2)sc(C(=O)C(C)(C)C)c1O. The molecule has 6 heteroatoms. The summed E-state index contributed by atoms with van der Waals surface area (Å²) in [5.74, 6) is -0.798. The van der Waals surface area contributed by atoms with Gasteiger partial charge < -0.3 is 15.2 Å². The number of hydrogen-bond donors (Lipinski definition) is 2. The summed E-state index contributed by atoms with van der Waals surface area (Å²) in [6, 6.07) is 9.81. The Morgan fingerprint density at radius 3 is 2.36 bits per heavy atom. The van der Waals surface area contributed by atoms with E-state index < -0.39 is 5.41 Å². The highest BCUT2D eigenvalue weighted by molar-refractivity contribution is 7.16. The zero-order chi connectivity index (χ0) is 18.6. The Bertz CT molecular complexity index is 760. The predicted octanol–water partition coefficient (Wildman–Crippen LogP) is 3.66. The van der Waals surface area contributed by atoms with Gasteiger partial charge in [-0.3, -0.25) is 9.59 Å². The first-order valence-corrected chi connectivity index (χ1v) is 8.84. The average Bonchev–Trinajstić information content (AvgIpc) is 2.90. The minimum absolute atomic E-state index is 0.0508. The van der Waals surface area contributed by atoms with E-state index in [0.717, 1.165) is 16.9 Å². The smallest absolute Gasteiger partial charge is 0.265 e.